The van der Waals surface area contributed by atoms with Gasteiger partial charge in [-0.25, -0.2) is 0 Å². The Kier molecular flexibility index (Phi) is 8.95. The molecule has 4 aromatic rings. The van der Waals surface area contributed by atoms with Crippen LogP contribution < -0.4 is 5.43 Å². The summed E-state index contributed by atoms with van der Waals surface area (Å²) in [7, 11) is 1.63. The number of ether oxygens (including phenoxy) is 1. The van der Waals surface area contributed by atoms with Crippen molar-refractivity contribution in [2.24, 2.45) is 5.92 Å². The molecule has 1 aliphatic carbocycles. The number of hydrogen-bond acceptors (Lipinski definition) is 5. The van der Waals surface area contributed by atoms with Gasteiger partial charge in [0.25, 0.3) is 0 Å². The van der Waals surface area contributed by atoms with Crippen LogP contribution in [0.1, 0.15) is 41.0 Å². The van der Waals surface area contributed by atoms with Gasteiger partial charge in [-0.2, -0.15) is 0 Å². The van der Waals surface area contributed by atoms with Crippen LogP contribution in [0, 0.1) is 12.8 Å². The Morgan fingerprint density at radius 1 is 0.951 bits per heavy atom. The van der Waals surface area contributed by atoms with Gasteiger partial charge in [-0.1, -0.05) is 72.3 Å². The molecule has 2 unspecified atom stereocenters. The van der Waals surface area contributed by atoms with Crippen molar-refractivity contribution < 1.29 is 18.7 Å². The van der Waals surface area contributed by atoms with Crippen molar-refractivity contribution in [3.05, 3.63) is 118 Å². The van der Waals surface area contributed by atoms with Crippen molar-refractivity contribution >= 4 is 22.8 Å². The summed E-state index contributed by atoms with van der Waals surface area (Å²) < 4.78 is 11.0. The first-order valence-corrected chi connectivity index (χ1v) is 14.1. The molecule has 212 valence electrons. The van der Waals surface area contributed by atoms with E-state index in [1.165, 1.54) is 6.26 Å². The van der Waals surface area contributed by atoms with E-state index in [9.17, 15) is 14.4 Å². The molecule has 2 atom stereocenters. The van der Waals surface area contributed by atoms with Crippen molar-refractivity contribution in [3.63, 3.8) is 0 Å². The maximum absolute atomic E-state index is 13.9. The zero-order valence-electron chi connectivity index (χ0n) is 23.6. The molecule has 0 bridgehead atoms. The van der Waals surface area contributed by atoms with Gasteiger partial charge in [0.1, 0.15) is 5.58 Å². The van der Waals surface area contributed by atoms with Crippen LogP contribution in [0.25, 0.3) is 11.0 Å². The molecule has 0 spiro atoms. The van der Waals surface area contributed by atoms with E-state index in [-0.39, 0.29) is 42.2 Å². The van der Waals surface area contributed by atoms with Crippen molar-refractivity contribution in [1.82, 2.24) is 9.80 Å². The monoisotopic (exact) mass is 552 g/mol. The number of nitrogens with zero attached hydrogens (tertiary/aromatic N) is 2. The third kappa shape index (κ3) is 6.92. The second kappa shape index (κ2) is 13.0. The van der Waals surface area contributed by atoms with Crippen LogP contribution in [0.5, 0.6) is 0 Å². The standard InChI is InChI=1S/C34H36N2O5/c1-24-14-15-31-30(18-24)33(38)27(23-41-31)21-36(20-25-10-5-3-6-11-25)32(37)22-35(16-9-17-40-2)34(39)29-19-28(29)26-12-7-4-8-13-26/h3-8,10-15,18,23,28-29H,9,16-17,19-22H2,1-2H3. The first kappa shape index (κ1) is 28.3. The average Bonchev–Trinajstić information content (AvgIpc) is 3.80. The van der Waals surface area contributed by atoms with Gasteiger partial charge in [0.2, 0.25) is 11.8 Å². The van der Waals surface area contributed by atoms with Crippen molar-refractivity contribution in [3.8, 4) is 0 Å². The number of aryl methyl sites for hydroxylation is 1. The summed E-state index contributed by atoms with van der Waals surface area (Å²) >= 11 is 0. The lowest BCUT2D eigenvalue weighted by molar-refractivity contribution is -0.142. The molecule has 1 aromatic heterocycles. The SMILES string of the molecule is COCCCN(CC(=O)N(Cc1ccccc1)Cc1coc2ccc(C)cc2c1=O)C(=O)C1CC1c1ccccc1. The summed E-state index contributed by atoms with van der Waals surface area (Å²) in [6, 6.07) is 25.2. The summed E-state index contributed by atoms with van der Waals surface area (Å²) in [5.41, 5.74) is 3.80. The highest BCUT2D eigenvalue weighted by atomic mass is 16.5. The Hall–Kier alpha value is -4.23. The van der Waals surface area contributed by atoms with Crippen LogP contribution in [0.2, 0.25) is 0 Å². The number of benzene rings is 3. The summed E-state index contributed by atoms with van der Waals surface area (Å²) in [6.45, 7) is 3.17. The van der Waals surface area contributed by atoms with E-state index in [1.807, 2.05) is 67.6 Å². The highest BCUT2D eigenvalue weighted by Gasteiger charge is 2.46. The molecule has 0 aliphatic heterocycles. The average molecular weight is 553 g/mol. The Bertz CT molecular complexity index is 1550. The molecular weight excluding hydrogens is 516 g/mol. The van der Waals surface area contributed by atoms with Gasteiger partial charge in [0, 0.05) is 32.7 Å². The Morgan fingerprint density at radius 2 is 1.68 bits per heavy atom. The molecule has 3 aromatic carbocycles. The highest BCUT2D eigenvalue weighted by molar-refractivity contribution is 5.88. The quantitative estimate of drug-likeness (QED) is 0.223. The first-order valence-electron chi connectivity index (χ1n) is 14.1. The maximum Gasteiger partial charge on any atom is 0.242 e. The molecule has 2 amide bonds. The minimum Gasteiger partial charge on any atom is -0.464 e. The number of hydrogen-bond donors (Lipinski definition) is 0. The third-order valence-electron chi connectivity index (χ3n) is 7.68. The number of amides is 2. The van der Waals surface area contributed by atoms with Gasteiger partial charge < -0.3 is 19.0 Å². The molecule has 7 nitrogen and oxygen atoms in total. The van der Waals surface area contributed by atoms with E-state index >= 15 is 0 Å². The van der Waals surface area contributed by atoms with Crippen molar-refractivity contribution in [1.29, 1.82) is 0 Å². The molecule has 1 saturated carbocycles. The van der Waals surface area contributed by atoms with Gasteiger partial charge in [0.05, 0.1) is 30.3 Å². The molecule has 1 aliphatic rings. The Labute approximate surface area is 240 Å². The first-order chi connectivity index (χ1) is 19.9. The van der Waals surface area contributed by atoms with E-state index in [4.69, 9.17) is 9.15 Å². The number of fused-ring (bicyclic) bond motifs is 1. The molecule has 41 heavy (non-hydrogen) atoms. The Morgan fingerprint density at radius 3 is 2.41 bits per heavy atom. The third-order valence-corrected chi connectivity index (χ3v) is 7.68. The highest BCUT2D eigenvalue weighted by Crippen LogP contribution is 2.48. The van der Waals surface area contributed by atoms with Gasteiger partial charge in [-0.15, -0.1) is 0 Å². The van der Waals surface area contributed by atoms with E-state index < -0.39 is 0 Å². The van der Waals surface area contributed by atoms with Crippen LogP contribution in [-0.2, 0) is 27.4 Å². The molecule has 0 N–H and O–H groups in total. The van der Waals surface area contributed by atoms with Crippen LogP contribution in [0.3, 0.4) is 0 Å². The minimum absolute atomic E-state index is 0.0105. The second-order valence-corrected chi connectivity index (χ2v) is 10.8. The zero-order chi connectivity index (χ0) is 28.8. The predicted octanol–water partition coefficient (Wildman–Crippen LogP) is 5.30. The minimum atomic E-state index is -0.222. The van der Waals surface area contributed by atoms with E-state index in [1.54, 1.807) is 23.0 Å². The van der Waals surface area contributed by atoms with Crippen molar-refractivity contribution in [2.45, 2.75) is 38.8 Å². The molecule has 7 heteroatoms. The van der Waals surface area contributed by atoms with Gasteiger partial charge in [-0.05, 0) is 48.9 Å². The molecule has 1 fully saturated rings. The lowest BCUT2D eigenvalue weighted by Crippen LogP contribution is -2.44. The summed E-state index contributed by atoms with van der Waals surface area (Å²) in [5, 5.41) is 0.492. The fraction of sp³-hybridized carbons (Fsp3) is 0.324. The van der Waals surface area contributed by atoms with Crippen LogP contribution >= 0.6 is 0 Å². The lowest BCUT2D eigenvalue weighted by atomic mass is 10.1. The fourth-order valence-corrected chi connectivity index (χ4v) is 5.34. The topological polar surface area (TPSA) is 80.1 Å². The van der Waals surface area contributed by atoms with Crippen LogP contribution in [0.15, 0.2) is 94.3 Å². The summed E-state index contributed by atoms with van der Waals surface area (Å²) in [5.74, 6) is -0.190. The predicted molar refractivity (Wildman–Crippen MR) is 158 cm³/mol. The largest absolute Gasteiger partial charge is 0.464 e. The van der Waals surface area contributed by atoms with Crippen LogP contribution in [0.4, 0.5) is 0 Å². The molecule has 5 rings (SSSR count). The van der Waals surface area contributed by atoms with Gasteiger partial charge in [-0.3, -0.25) is 14.4 Å². The van der Waals surface area contributed by atoms with E-state index in [0.717, 1.165) is 23.1 Å². The van der Waals surface area contributed by atoms with Crippen LogP contribution in [-0.4, -0.2) is 48.4 Å². The zero-order valence-corrected chi connectivity index (χ0v) is 23.6. The van der Waals surface area contributed by atoms with Gasteiger partial charge in [0.15, 0.2) is 5.43 Å². The molecule has 1 heterocycles. The molecule has 0 radical (unpaired) electrons. The normalized spacial score (nSPS) is 16.0. The number of carbonyl (C=O) groups is 2. The molecule has 0 saturated heterocycles. The number of rotatable bonds is 12. The number of carbonyl (C=O) groups excluding carboxylic acids is 2. The maximum atomic E-state index is 13.9. The van der Waals surface area contributed by atoms with Gasteiger partial charge >= 0.3 is 0 Å². The fourth-order valence-electron chi connectivity index (χ4n) is 5.34. The smallest absolute Gasteiger partial charge is 0.242 e. The Balaban J connectivity index is 1.38. The van der Waals surface area contributed by atoms with Crippen molar-refractivity contribution in [2.75, 3.05) is 26.8 Å². The second-order valence-electron chi connectivity index (χ2n) is 10.8. The lowest BCUT2D eigenvalue weighted by Gasteiger charge is -2.28. The van der Waals surface area contributed by atoms with E-state index in [2.05, 4.69) is 12.1 Å². The van der Waals surface area contributed by atoms with E-state index in [0.29, 0.717) is 42.6 Å². The molecular formula is C34H36N2O5. The summed E-state index contributed by atoms with van der Waals surface area (Å²) in [6.07, 6.45) is 2.86. The number of methoxy groups -OCH3 is 1. The summed E-state index contributed by atoms with van der Waals surface area (Å²) in [4.78, 5) is 44.2.